The molecule has 1 atom stereocenters. The molecule has 120 valence electrons. The van der Waals surface area contributed by atoms with Crippen molar-refractivity contribution in [3.8, 4) is 0 Å². The van der Waals surface area contributed by atoms with E-state index in [0.717, 1.165) is 37.3 Å². The van der Waals surface area contributed by atoms with Gasteiger partial charge in [0.1, 0.15) is 11.9 Å². The van der Waals surface area contributed by atoms with Gasteiger partial charge in [-0.15, -0.1) is 11.3 Å². The van der Waals surface area contributed by atoms with Crippen LogP contribution in [0.1, 0.15) is 49.7 Å². The molecule has 1 aliphatic heterocycles. The van der Waals surface area contributed by atoms with Crippen molar-refractivity contribution < 1.29 is 9.53 Å². The van der Waals surface area contributed by atoms with Crippen LogP contribution in [-0.2, 0) is 16.1 Å². The molecule has 0 unspecified atom stereocenters. The molecule has 1 aromatic rings. The monoisotopic (exact) mass is 321 g/mol. The lowest BCUT2D eigenvalue weighted by Gasteiger charge is -2.25. The smallest absolute Gasteiger partial charge is 0.328 e. The zero-order valence-corrected chi connectivity index (χ0v) is 14.2. The van der Waals surface area contributed by atoms with Gasteiger partial charge in [0.2, 0.25) is 0 Å². The lowest BCUT2D eigenvalue weighted by atomic mass is 10.2. The van der Waals surface area contributed by atoms with E-state index in [0.29, 0.717) is 12.5 Å². The van der Waals surface area contributed by atoms with Gasteiger partial charge in [-0.05, 0) is 18.4 Å². The van der Waals surface area contributed by atoms with Gasteiger partial charge in [0.15, 0.2) is 0 Å². The van der Waals surface area contributed by atoms with E-state index in [-0.39, 0.29) is 12.0 Å². The Morgan fingerprint density at radius 1 is 1.55 bits per heavy atom. The van der Waals surface area contributed by atoms with Crippen molar-refractivity contribution in [3.63, 3.8) is 0 Å². The van der Waals surface area contributed by atoms with Crippen molar-refractivity contribution in [2.24, 2.45) is 0 Å². The molecule has 1 saturated heterocycles. The normalized spacial score (nSPS) is 20.3. The van der Waals surface area contributed by atoms with Crippen LogP contribution in [0.15, 0.2) is 16.8 Å². The number of aromatic nitrogens is 1. The van der Waals surface area contributed by atoms with E-state index in [1.807, 2.05) is 0 Å². The van der Waals surface area contributed by atoms with Gasteiger partial charge in [-0.3, -0.25) is 0 Å². The minimum absolute atomic E-state index is 0.136. The maximum atomic E-state index is 11.7. The minimum atomic E-state index is -0.202. The van der Waals surface area contributed by atoms with E-state index >= 15 is 0 Å². The quantitative estimate of drug-likeness (QED) is 0.816. The summed E-state index contributed by atoms with van der Waals surface area (Å²) in [6, 6.07) is -0.202. The molecule has 1 saturated carbocycles. The Morgan fingerprint density at radius 2 is 2.32 bits per heavy atom. The number of hydrogen-bond acceptors (Lipinski definition) is 6. The fraction of sp³-hybridized carbons (Fsp3) is 0.625. The highest BCUT2D eigenvalue weighted by atomic mass is 32.1. The number of nitrogens with zero attached hydrogens (tertiary/aromatic N) is 2. The first-order valence-electron chi connectivity index (χ1n) is 7.85. The second kappa shape index (κ2) is 6.28. The topological polar surface area (TPSA) is 54.5 Å². The Bertz CT molecular complexity index is 588. The number of hydrogen-bond donors (Lipinski definition) is 1. The van der Waals surface area contributed by atoms with Crippen LogP contribution in [-0.4, -0.2) is 35.5 Å². The highest BCUT2D eigenvalue weighted by Crippen LogP contribution is 2.33. The number of ether oxygens (including phenoxy) is 1. The van der Waals surface area contributed by atoms with Gasteiger partial charge in [0, 0.05) is 24.8 Å². The van der Waals surface area contributed by atoms with E-state index in [1.165, 1.54) is 10.6 Å². The summed E-state index contributed by atoms with van der Waals surface area (Å²) in [5.41, 5.74) is 2.48. The number of esters is 1. The summed E-state index contributed by atoms with van der Waals surface area (Å²) in [5.74, 6) is 1.42. The molecule has 1 aromatic heterocycles. The van der Waals surface area contributed by atoms with Gasteiger partial charge in [0.25, 0.3) is 0 Å². The van der Waals surface area contributed by atoms with Crippen LogP contribution in [0.5, 0.6) is 0 Å². The van der Waals surface area contributed by atoms with Crippen molar-refractivity contribution in [1.82, 2.24) is 15.2 Å². The van der Waals surface area contributed by atoms with Crippen molar-refractivity contribution in [1.29, 1.82) is 0 Å². The van der Waals surface area contributed by atoms with E-state index in [9.17, 15) is 4.79 Å². The largest absolute Gasteiger partial charge is 0.464 e. The van der Waals surface area contributed by atoms with Crippen molar-refractivity contribution >= 4 is 17.3 Å². The number of allylic oxidation sites excluding steroid dienone is 1. The standard InChI is InChI=1S/C16H23N3O2S/c1-10(2)15-17-12(9-22-15)8-19(3)14(11-4-5-11)18-13-6-7-21-16(13)20/h9-10,13,18H,4-8H2,1-3H3/t13-/m0/s1. The molecule has 6 heteroatoms. The van der Waals surface area contributed by atoms with Crippen LogP contribution in [0.2, 0.25) is 0 Å². The summed E-state index contributed by atoms with van der Waals surface area (Å²) in [6.45, 7) is 5.61. The summed E-state index contributed by atoms with van der Waals surface area (Å²) < 4.78 is 5.04. The second-order valence-electron chi connectivity index (χ2n) is 6.29. The minimum Gasteiger partial charge on any atom is -0.464 e. The molecule has 3 rings (SSSR count). The Labute approximate surface area is 135 Å². The fourth-order valence-corrected chi connectivity index (χ4v) is 3.38. The van der Waals surface area contributed by atoms with Crippen molar-refractivity contribution in [2.75, 3.05) is 13.7 Å². The van der Waals surface area contributed by atoms with Gasteiger partial charge in [-0.25, -0.2) is 9.78 Å². The zero-order chi connectivity index (χ0) is 15.7. The van der Waals surface area contributed by atoms with E-state index in [2.05, 4.69) is 36.5 Å². The zero-order valence-electron chi connectivity index (χ0n) is 13.4. The van der Waals surface area contributed by atoms with Gasteiger partial charge in [-0.2, -0.15) is 0 Å². The van der Waals surface area contributed by atoms with Crippen LogP contribution in [0.3, 0.4) is 0 Å². The van der Waals surface area contributed by atoms with Gasteiger partial charge >= 0.3 is 5.97 Å². The first kappa shape index (κ1) is 15.3. The first-order valence-corrected chi connectivity index (χ1v) is 8.73. The predicted molar refractivity (Wildman–Crippen MR) is 86.4 cm³/mol. The van der Waals surface area contributed by atoms with Gasteiger partial charge in [-0.1, -0.05) is 13.8 Å². The average molecular weight is 321 g/mol. The molecule has 0 radical (unpaired) electrons. The predicted octanol–water partition coefficient (Wildman–Crippen LogP) is 2.61. The lowest BCUT2D eigenvalue weighted by molar-refractivity contribution is -0.139. The number of carbonyl (C=O) groups is 1. The molecule has 2 heterocycles. The molecule has 1 aliphatic carbocycles. The third kappa shape index (κ3) is 3.43. The lowest BCUT2D eigenvalue weighted by Crippen LogP contribution is -2.38. The molecule has 22 heavy (non-hydrogen) atoms. The molecule has 2 fully saturated rings. The first-order chi connectivity index (χ1) is 10.5. The highest BCUT2D eigenvalue weighted by molar-refractivity contribution is 7.09. The summed E-state index contributed by atoms with van der Waals surface area (Å²) >= 11 is 1.72. The van der Waals surface area contributed by atoms with E-state index in [1.54, 1.807) is 11.3 Å². The second-order valence-corrected chi connectivity index (χ2v) is 7.18. The maximum absolute atomic E-state index is 11.7. The third-order valence-corrected chi connectivity index (χ3v) is 5.12. The molecular weight excluding hydrogens is 298 g/mol. The summed E-state index contributed by atoms with van der Waals surface area (Å²) in [4.78, 5) is 18.5. The number of rotatable bonds is 6. The van der Waals surface area contributed by atoms with Gasteiger partial charge in [0.05, 0.1) is 23.9 Å². The molecule has 0 amide bonds. The molecular formula is C16H23N3O2S. The summed E-state index contributed by atoms with van der Waals surface area (Å²) in [6.07, 6.45) is 2.98. The summed E-state index contributed by atoms with van der Waals surface area (Å²) in [7, 11) is 2.06. The Morgan fingerprint density at radius 3 is 2.86 bits per heavy atom. The maximum Gasteiger partial charge on any atom is 0.328 e. The van der Waals surface area contributed by atoms with Crippen LogP contribution in [0.25, 0.3) is 0 Å². The molecule has 5 nitrogen and oxygen atoms in total. The SMILES string of the molecule is CC(C)c1nc(CN(C)C(N[C@H]2CCOC2=O)=C2CC2)cs1. The molecule has 0 spiro atoms. The van der Waals surface area contributed by atoms with Crippen molar-refractivity contribution in [3.05, 3.63) is 27.5 Å². The van der Waals surface area contributed by atoms with E-state index < -0.39 is 0 Å². The number of nitrogens with one attached hydrogen (secondary N) is 1. The van der Waals surface area contributed by atoms with Crippen molar-refractivity contribution in [2.45, 2.75) is 51.6 Å². The molecule has 1 N–H and O–H groups in total. The highest BCUT2D eigenvalue weighted by Gasteiger charge is 2.30. The number of thiazole rings is 1. The Kier molecular flexibility index (Phi) is 4.38. The van der Waals surface area contributed by atoms with Crippen LogP contribution in [0, 0.1) is 0 Å². The molecule has 0 bridgehead atoms. The van der Waals surface area contributed by atoms with Crippen LogP contribution in [0.4, 0.5) is 0 Å². The van der Waals surface area contributed by atoms with E-state index in [4.69, 9.17) is 9.72 Å². The Balaban J connectivity index is 1.67. The number of carbonyl (C=O) groups excluding carboxylic acids is 1. The van der Waals surface area contributed by atoms with Crippen LogP contribution >= 0.6 is 11.3 Å². The Hall–Kier alpha value is -1.56. The number of cyclic esters (lactones) is 1. The molecule has 0 aromatic carbocycles. The van der Waals surface area contributed by atoms with Gasteiger partial charge < -0.3 is 15.0 Å². The molecule has 2 aliphatic rings. The fourth-order valence-electron chi connectivity index (χ4n) is 2.56. The average Bonchev–Trinajstić information content (AvgIpc) is 3.06. The third-order valence-electron chi connectivity index (χ3n) is 3.93. The summed E-state index contributed by atoms with van der Waals surface area (Å²) in [5, 5.41) is 6.69. The van der Waals surface area contributed by atoms with Crippen LogP contribution < -0.4 is 5.32 Å².